The van der Waals surface area contributed by atoms with Gasteiger partial charge in [0.05, 0.1) is 5.69 Å². The Morgan fingerprint density at radius 1 is 0.183 bits per heavy atom. The average Bonchev–Trinajstić information content (AvgIpc) is 1.84. The highest BCUT2D eigenvalue weighted by molar-refractivity contribution is 6.11. The van der Waals surface area contributed by atoms with Gasteiger partial charge in [-0.1, -0.05) is 279 Å². The minimum atomic E-state index is 0.868. The molecule has 436 valence electrons. The Labute approximate surface area is 541 Å². The van der Waals surface area contributed by atoms with Gasteiger partial charge in [-0.2, -0.15) is 0 Å². The molecule has 1 aromatic heterocycles. The fraction of sp³-hybridized carbons (Fsp3) is 0. The molecule has 0 radical (unpaired) electrons. The Hall–Kier alpha value is -12.3. The Bertz CT molecular complexity index is 5590. The van der Waals surface area contributed by atoms with Gasteiger partial charge in [-0.3, -0.25) is 0 Å². The van der Waals surface area contributed by atoms with Gasteiger partial charge in [0.15, 0.2) is 0 Å². The van der Waals surface area contributed by atoms with E-state index in [0.717, 1.165) is 101 Å². The first-order valence-corrected chi connectivity index (χ1v) is 31.9. The van der Waals surface area contributed by atoms with Crippen LogP contribution < -0.4 is 9.80 Å². The van der Waals surface area contributed by atoms with Crippen molar-refractivity contribution in [3.63, 3.8) is 0 Å². The molecule has 0 aliphatic rings. The van der Waals surface area contributed by atoms with Gasteiger partial charge in [-0.15, -0.1) is 0 Å². The van der Waals surface area contributed by atoms with Crippen LogP contribution in [-0.2, 0) is 0 Å². The van der Waals surface area contributed by atoms with E-state index in [0.29, 0.717) is 0 Å². The van der Waals surface area contributed by atoms with Crippen LogP contribution in [0.15, 0.2) is 368 Å². The van der Waals surface area contributed by atoms with Crippen LogP contribution in [0.2, 0.25) is 0 Å². The molecule has 3 nitrogen and oxygen atoms in total. The minimum absolute atomic E-state index is 0.868. The molecule has 0 unspecified atom stereocenters. The summed E-state index contributed by atoms with van der Waals surface area (Å²) in [5.74, 6) is 0. The van der Waals surface area contributed by atoms with Crippen LogP contribution in [0.1, 0.15) is 0 Å². The lowest BCUT2D eigenvalue weighted by Crippen LogP contribution is -2.12. The van der Waals surface area contributed by atoms with Crippen molar-refractivity contribution in [1.82, 2.24) is 0 Å². The SMILES string of the molecule is c1ccc(-c2ccc(-c3ccc(N(c4ccc(-c5cccc6ccccc56)cc4)c4ccccc4-c4cccc(N(c5ccc(-c6ccc7ccccc7c6)cc5)c5ccc(-c6ccc7c(c6)oc6c(-c8ccccc8)cccc67)cc5)c4)cc3)c3ccccc23)cc1. The fourth-order valence-electron chi connectivity index (χ4n) is 13.9. The molecule has 0 spiro atoms. The molecule has 0 saturated carbocycles. The summed E-state index contributed by atoms with van der Waals surface area (Å²) in [6, 6.07) is 132. The van der Waals surface area contributed by atoms with Crippen LogP contribution in [0.25, 0.3) is 132 Å². The summed E-state index contributed by atoms with van der Waals surface area (Å²) in [6.45, 7) is 0. The zero-order valence-electron chi connectivity index (χ0n) is 50.9. The summed E-state index contributed by atoms with van der Waals surface area (Å²) in [4.78, 5) is 4.80. The number of nitrogens with zero attached hydrogens (tertiary/aromatic N) is 2. The maximum atomic E-state index is 6.73. The molecule has 93 heavy (non-hydrogen) atoms. The topological polar surface area (TPSA) is 19.6 Å². The Morgan fingerprint density at radius 3 is 1.26 bits per heavy atom. The van der Waals surface area contributed by atoms with Crippen molar-refractivity contribution in [2.45, 2.75) is 0 Å². The Balaban J connectivity index is 0.766. The molecule has 0 atom stereocenters. The van der Waals surface area contributed by atoms with E-state index in [-0.39, 0.29) is 0 Å². The molecule has 0 bridgehead atoms. The molecule has 1 heterocycles. The zero-order valence-corrected chi connectivity index (χ0v) is 50.9. The van der Waals surface area contributed by atoms with Crippen LogP contribution >= 0.6 is 0 Å². The van der Waals surface area contributed by atoms with Gasteiger partial charge in [0.2, 0.25) is 0 Å². The predicted molar refractivity (Wildman–Crippen MR) is 394 cm³/mol. The third-order valence-electron chi connectivity index (χ3n) is 18.5. The van der Waals surface area contributed by atoms with E-state index in [9.17, 15) is 0 Å². The zero-order chi connectivity index (χ0) is 61.6. The number of hydrogen-bond donors (Lipinski definition) is 0. The molecule has 0 N–H and O–H groups in total. The van der Waals surface area contributed by atoms with Crippen LogP contribution in [0.5, 0.6) is 0 Å². The monoisotopic (exact) mass is 1180 g/mol. The molecule has 0 aliphatic carbocycles. The van der Waals surface area contributed by atoms with Gasteiger partial charge >= 0.3 is 0 Å². The van der Waals surface area contributed by atoms with Gasteiger partial charge in [0.25, 0.3) is 0 Å². The van der Waals surface area contributed by atoms with Gasteiger partial charge in [0, 0.05) is 50.3 Å². The van der Waals surface area contributed by atoms with Crippen molar-refractivity contribution >= 4 is 88.4 Å². The van der Waals surface area contributed by atoms with Crippen LogP contribution in [0.4, 0.5) is 34.1 Å². The summed E-state index contributed by atoms with van der Waals surface area (Å²) in [7, 11) is 0. The van der Waals surface area contributed by atoms with Crippen molar-refractivity contribution in [2.24, 2.45) is 0 Å². The fourth-order valence-corrected chi connectivity index (χ4v) is 13.9. The quantitative estimate of drug-likeness (QED) is 0.115. The number of rotatable bonds is 13. The maximum Gasteiger partial charge on any atom is 0.143 e. The first kappa shape index (κ1) is 54.8. The van der Waals surface area contributed by atoms with E-state index in [1.54, 1.807) is 0 Å². The normalized spacial score (nSPS) is 11.4. The smallest absolute Gasteiger partial charge is 0.143 e. The van der Waals surface area contributed by atoms with E-state index in [1.165, 1.54) is 65.7 Å². The molecule has 0 saturated heterocycles. The lowest BCUT2D eigenvalue weighted by molar-refractivity contribution is 0.670. The van der Waals surface area contributed by atoms with Crippen molar-refractivity contribution in [2.75, 3.05) is 9.80 Å². The second-order valence-electron chi connectivity index (χ2n) is 23.9. The van der Waals surface area contributed by atoms with E-state index >= 15 is 0 Å². The molecule has 0 amide bonds. The summed E-state index contributed by atoms with van der Waals surface area (Å²) < 4.78 is 6.73. The van der Waals surface area contributed by atoms with E-state index < -0.39 is 0 Å². The summed E-state index contributed by atoms with van der Waals surface area (Å²) in [5.41, 5.74) is 24.2. The van der Waals surface area contributed by atoms with Crippen LogP contribution in [0, 0.1) is 0 Å². The average molecular weight is 1190 g/mol. The highest BCUT2D eigenvalue weighted by atomic mass is 16.3. The maximum absolute atomic E-state index is 6.73. The molecule has 16 aromatic carbocycles. The standard InChI is InChI=1S/C90H60N2O/c1-3-19-64(20-4-1)80-56-57-81(85-31-12-11-30-84(80)85)68-44-53-76(54-45-68)92(75-51-42-67(43-52-75)79-32-16-25-65-23-9-10-28-78(65)79)88-35-14-13-29-82(88)72-26-15-27-77(59-72)91(73-47-38-62(39-48-73)70-37-36-61-18-7-8-24-69(61)58-70)74-49-40-63(41-50-74)71-46-55-86-87-34-17-33-83(66-21-5-2-6-22-66)90(87)93-89(86)60-71/h1-60H. The lowest BCUT2D eigenvalue weighted by atomic mass is 9.92. The molecule has 17 rings (SSSR count). The van der Waals surface area contributed by atoms with Crippen LogP contribution in [-0.4, -0.2) is 0 Å². The van der Waals surface area contributed by atoms with E-state index in [2.05, 4.69) is 374 Å². The highest BCUT2D eigenvalue weighted by Crippen LogP contribution is 2.46. The largest absolute Gasteiger partial charge is 0.455 e. The van der Waals surface area contributed by atoms with Gasteiger partial charge < -0.3 is 14.2 Å². The van der Waals surface area contributed by atoms with Gasteiger partial charge in [-0.05, 0) is 184 Å². The summed E-state index contributed by atoms with van der Waals surface area (Å²) in [5, 5.41) is 9.59. The third kappa shape index (κ3) is 10.2. The van der Waals surface area contributed by atoms with Crippen molar-refractivity contribution in [3.8, 4) is 77.9 Å². The van der Waals surface area contributed by atoms with Crippen molar-refractivity contribution in [3.05, 3.63) is 364 Å². The predicted octanol–water partition coefficient (Wildman–Crippen LogP) is 25.7. The van der Waals surface area contributed by atoms with Crippen LogP contribution in [0.3, 0.4) is 0 Å². The van der Waals surface area contributed by atoms with Gasteiger partial charge in [0.1, 0.15) is 11.2 Å². The number of hydrogen-bond acceptors (Lipinski definition) is 3. The molecular formula is C90H60N2O. The first-order chi connectivity index (χ1) is 46.1. The molecule has 0 aliphatic heterocycles. The number of fused-ring (bicyclic) bond motifs is 6. The number of furan rings is 1. The summed E-state index contributed by atoms with van der Waals surface area (Å²) in [6.07, 6.45) is 0. The van der Waals surface area contributed by atoms with Crippen molar-refractivity contribution < 1.29 is 4.42 Å². The third-order valence-corrected chi connectivity index (χ3v) is 18.5. The summed E-state index contributed by atoms with van der Waals surface area (Å²) >= 11 is 0. The molecule has 17 aromatic rings. The minimum Gasteiger partial charge on any atom is -0.455 e. The second kappa shape index (κ2) is 23.6. The molecular weight excluding hydrogens is 1130 g/mol. The number of benzene rings is 16. The molecule has 3 heteroatoms. The Kier molecular flexibility index (Phi) is 13.9. The number of para-hydroxylation sites is 2. The lowest BCUT2D eigenvalue weighted by Gasteiger charge is -2.29. The van der Waals surface area contributed by atoms with Gasteiger partial charge in [-0.25, -0.2) is 0 Å². The van der Waals surface area contributed by atoms with E-state index in [1.807, 2.05) is 0 Å². The first-order valence-electron chi connectivity index (χ1n) is 31.9. The van der Waals surface area contributed by atoms with E-state index in [4.69, 9.17) is 4.42 Å². The van der Waals surface area contributed by atoms with Crippen molar-refractivity contribution in [1.29, 1.82) is 0 Å². The highest BCUT2D eigenvalue weighted by Gasteiger charge is 2.22. The number of anilines is 6. The second-order valence-corrected chi connectivity index (χ2v) is 23.9. The Morgan fingerprint density at radius 2 is 0.602 bits per heavy atom. The molecule has 0 fully saturated rings.